The molecule has 0 spiro atoms. The highest BCUT2D eigenvalue weighted by Gasteiger charge is 2.39. The summed E-state index contributed by atoms with van der Waals surface area (Å²) in [5, 5.41) is 0.254. The first-order chi connectivity index (χ1) is 12.5. The van der Waals surface area contributed by atoms with Crippen molar-refractivity contribution in [2.24, 2.45) is 0 Å². The molecule has 0 unspecified atom stereocenters. The lowest BCUT2D eigenvalue weighted by atomic mass is 10.1. The Bertz CT molecular complexity index is 1130. The van der Waals surface area contributed by atoms with Gasteiger partial charge < -0.3 is 9.82 Å². The van der Waals surface area contributed by atoms with Crippen molar-refractivity contribution in [2.75, 3.05) is 0 Å². The van der Waals surface area contributed by atoms with Crippen molar-refractivity contribution in [1.29, 1.82) is 0 Å². The smallest absolute Gasteiger partial charge is 0.360 e. The van der Waals surface area contributed by atoms with Crippen LogP contribution in [-0.4, -0.2) is 27.8 Å². The van der Waals surface area contributed by atoms with Gasteiger partial charge in [0, 0.05) is 17.1 Å². The first-order valence-corrected chi connectivity index (χ1v) is 7.48. The number of rotatable bonds is 2. The van der Waals surface area contributed by atoms with E-state index >= 15 is 0 Å². The Morgan fingerprint density at radius 3 is 2.31 bits per heavy atom. The van der Waals surface area contributed by atoms with E-state index in [-0.39, 0.29) is 16.5 Å². The standard InChI is InChI=1S/C18H9FN2O5/c19-9-5-6-14-12(7-9)15(22)13(8-20-14)18(25)26-21-16(23)10-3-1-2-4-11(10)17(21)24/h1-8H,(H,20,22). The van der Waals surface area contributed by atoms with Crippen LogP contribution in [0.25, 0.3) is 10.9 Å². The molecule has 2 aromatic carbocycles. The number of amides is 2. The maximum Gasteiger partial charge on any atom is 0.369 e. The number of benzene rings is 2. The number of hydrogen-bond donors (Lipinski definition) is 1. The van der Waals surface area contributed by atoms with Crippen molar-refractivity contribution < 1.29 is 23.6 Å². The van der Waals surface area contributed by atoms with Crippen LogP contribution in [0.5, 0.6) is 0 Å². The van der Waals surface area contributed by atoms with Crippen molar-refractivity contribution in [1.82, 2.24) is 10.0 Å². The summed E-state index contributed by atoms with van der Waals surface area (Å²) in [7, 11) is 0. The Morgan fingerprint density at radius 2 is 1.65 bits per heavy atom. The molecule has 1 aliphatic heterocycles. The molecule has 2 heterocycles. The number of pyridine rings is 1. The average molecular weight is 352 g/mol. The highest BCUT2D eigenvalue weighted by Crippen LogP contribution is 2.23. The van der Waals surface area contributed by atoms with Crippen LogP contribution in [0.2, 0.25) is 0 Å². The number of carbonyl (C=O) groups is 3. The summed E-state index contributed by atoms with van der Waals surface area (Å²) in [5.74, 6) is -3.45. The summed E-state index contributed by atoms with van der Waals surface area (Å²) < 4.78 is 13.4. The highest BCUT2D eigenvalue weighted by atomic mass is 19.1. The second-order valence-corrected chi connectivity index (χ2v) is 5.55. The van der Waals surface area contributed by atoms with Gasteiger partial charge in [-0.2, -0.15) is 0 Å². The Kier molecular flexibility index (Phi) is 3.40. The van der Waals surface area contributed by atoms with Gasteiger partial charge in [-0.25, -0.2) is 9.18 Å². The van der Waals surface area contributed by atoms with Crippen molar-refractivity contribution in [2.45, 2.75) is 0 Å². The van der Waals surface area contributed by atoms with Crippen molar-refractivity contribution >= 4 is 28.7 Å². The predicted octanol–water partition coefficient (Wildman–Crippen LogP) is 2.04. The lowest BCUT2D eigenvalue weighted by molar-refractivity contribution is -0.0585. The molecule has 7 nitrogen and oxygen atoms in total. The van der Waals surface area contributed by atoms with Gasteiger partial charge in [-0.05, 0) is 30.3 Å². The molecule has 0 atom stereocenters. The third-order valence-corrected chi connectivity index (χ3v) is 3.99. The fourth-order valence-corrected chi connectivity index (χ4v) is 2.72. The lowest BCUT2D eigenvalue weighted by Gasteiger charge is -2.12. The molecule has 1 aromatic heterocycles. The fourth-order valence-electron chi connectivity index (χ4n) is 2.72. The minimum atomic E-state index is -1.20. The number of hydroxylamine groups is 2. The first kappa shape index (κ1) is 15.7. The second kappa shape index (κ2) is 5.62. The summed E-state index contributed by atoms with van der Waals surface area (Å²) >= 11 is 0. The Hall–Kier alpha value is -3.81. The molecule has 4 rings (SSSR count). The summed E-state index contributed by atoms with van der Waals surface area (Å²) in [6, 6.07) is 9.48. The number of fused-ring (bicyclic) bond motifs is 2. The highest BCUT2D eigenvalue weighted by molar-refractivity contribution is 6.21. The van der Waals surface area contributed by atoms with Crippen molar-refractivity contribution in [3.8, 4) is 0 Å². The summed E-state index contributed by atoms with van der Waals surface area (Å²) in [6.07, 6.45) is 1.09. The number of hydrogen-bond acceptors (Lipinski definition) is 5. The van der Waals surface area contributed by atoms with E-state index < -0.39 is 34.6 Å². The van der Waals surface area contributed by atoms with Gasteiger partial charge in [-0.1, -0.05) is 17.2 Å². The van der Waals surface area contributed by atoms with Gasteiger partial charge in [0.05, 0.1) is 11.1 Å². The van der Waals surface area contributed by atoms with E-state index in [9.17, 15) is 23.6 Å². The Morgan fingerprint density at radius 1 is 1.00 bits per heavy atom. The first-order valence-electron chi connectivity index (χ1n) is 7.48. The summed E-state index contributed by atoms with van der Waals surface area (Å²) in [6.45, 7) is 0. The van der Waals surface area contributed by atoms with Crippen LogP contribution < -0.4 is 5.43 Å². The fraction of sp³-hybridized carbons (Fsp3) is 0. The molecule has 26 heavy (non-hydrogen) atoms. The normalized spacial score (nSPS) is 13.2. The van der Waals surface area contributed by atoms with Crippen LogP contribution in [0, 0.1) is 5.82 Å². The largest absolute Gasteiger partial charge is 0.369 e. The Labute approximate surface area is 144 Å². The van der Waals surface area contributed by atoms with E-state index in [1.54, 1.807) is 12.1 Å². The van der Waals surface area contributed by atoms with E-state index in [2.05, 4.69) is 4.98 Å². The van der Waals surface area contributed by atoms with Gasteiger partial charge >= 0.3 is 5.97 Å². The maximum absolute atomic E-state index is 13.4. The number of nitrogens with one attached hydrogen (secondary N) is 1. The van der Waals surface area contributed by atoms with E-state index in [0.717, 1.165) is 18.3 Å². The molecule has 1 aliphatic rings. The molecule has 0 bridgehead atoms. The quantitative estimate of drug-likeness (QED) is 0.712. The minimum absolute atomic E-state index is 0.0539. The number of nitrogens with zero attached hydrogens (tertiary/aromatic N) is 1. The summed E-state index contributed by atoms with van der Waals surface area (Å²) in [5.41, 5.74) is -0.715. The maximum atomic E-state index is 13.4. The van der Waals surface area contributed by atoms with E-state index in [4.69, 9.17) is 4.84 Å². The van der Waals surface area contributed by atoms with E-state index in [0.29, 0.717) is 10.6 Å². The molecule has 8 heteroatoms. The van der Waals surface area contributed by atoms with Crippen molar-refractivity contribution in [3.05, 3.63) is 81.4 Å². The van der Waals surface area contributed by atoms with Crippen LogP contribution in [0.1, 0.15) is 31.1 Å². The van der Waals surface area contributed by atoms with Gasteiger partial charge in [0.25, 0.3) is 11.8 Å². The molecule has 0 saturated carbocycles. The molecular weight excluding hydrogens is 343 g/mol. The number of imide groups is 1. The van der Waals surface area contributed by atoms with Gasteiger partial charge in [-0.3, -0.25) is 14.4 Å². The zero-order valence-corrected chi connectivity index (χ0v) is 13.0. The number of carbonyl (C=O) groups excluding carboxylic acids is 3. The molecule has 0 fully saturated rings. The molecular formula is C18H9FN2O5. The van der Waals surface area contributed by atoms with Crippen LogP contribution in [0.4, 0.5) is 4.39 Å². The molecule has 3 aromatic rings. The average Bonchev–Trinajstić information content (AvgIpc) is 2.88. The number of aromatic nitrogens is 1. The third-order valence-electron chi connectivity index (χ3n) is 3.99. The SMILES string of the molecule is O=C(ON1C(=O)c2ccccc2C1=O)c1c[nH]c2ccc(F)cc2c1=O. The molecule has 1 N–H and O–H groups in total. The number of H-pyrrole nitrogens is 1. The van der Waals surface area contributed by atoms with Crippen LogP contribution in [0.3, 0.4) is 0 Å². The van der Waals surface area contributed by atoms with E-state index in [1.807, 2.05) is 0 Å². The predicted molar refractivity (Wildman–Crippen MR) is 86.9 cm³/mol. The second-order valence-electron chi connectivity index (χ2n) is 5.55. The zero-order chi connectivity index (χ0) is 18.4. The molecule has 0 radical (unpaired) electrons. The minimum Gasteiger partial charge on any atom is -0.360 e. The van der Waals surface area contributed by atoms with Crippen LogP contribution in [0.15, 0.2) is 53.5 Å². The van der Waals surface area contributed by atoms with Gasteiger partial charge in [0.1, 0.15) is 11.4 Å². The molecule has 128 valence electrons. The number of aromatic amines is 1. The summed E-state index contributed by atoms with van der Waals surface area (Å²) in [4.78, 5) is 56.7. The third kappa shape index (κ3) is 2.27. The zero-order valence-electron chi connectivity index (χ0n) is 13.0. The van der Waals surface area contributed by atoms with Gasteiger partial charge in [0.2, 0.25) is 5.43 Å². The molecule has 0 saturated heterocycles. The number of halogens is 1. The van der Waals surface area contributed by atoms with Crippen LogP contribution >= 0.6 is 0 Å². The molecule has 0 aliphatic carbocycles. The molecule has 2 amide bonds. The monoisotopic (exact) mass is 352 g/mol. The van der Waals surface area contributed by atoms with Crippen molar-refractivity contribution in [3.63, 3.8) is 0 Å². The van der Waals surface area contributed by atoms with Gasteiger partial charge in [-0.15, -0.1) is 0 Å². The van der Waals surface area contributed by atoms with Gasteiger partial charge in [0.15, 0.2) is 0 Å². The topological polar surface area (TPSA) is 96.5 Å². The Balaban J connectivity index is 1.69. The van der Waals surface area contributed by atoms with E-state index in [1.165, 1.54) is 18.2 Å². The lowest BCUT2D eigenvalue weighted by Crippen LogP contribution is -2.34. The van der Waals surface area contributed by atoms with Crippen LogP contribution in [-0.2, 0) is 4.84 Å².